The number of nitrogens with zero attached hydrogens (tertiary/aromatic N) is 2. The standard InChI is InChI=1S/C45H48Cl2N4O9/c1-28-36(37-9-6-12-45(47,29(37)2)33-7-4-3-5-8-33)10-11-40(58-14-13-49-24-34(52)17-43(54)55)38(28)27-60-42-19-41(59-26-31-15-30(20-48)21-50-22-31)32(16-39(42)46)23-51-25-35(53)18-44(56)57/h3-12,15-16,19,21-22,29,34-35,49,51-53H,13-14,17-18,23-27H2,1-2H3,(H,54,55)(H,56,57)/t29?,34-,35-,45?/m0/s1. The van der Waals surface area contributed by atoms with Gasteiger partial charge in [-0.15, -0.1) is 11.6 Å². The SMILES string of the molecule is Cc1c(C2=CC=CC(Cl)(c3ccccc3)C2C)ccc(OCCNC[C@@H](O)CC(=O)O)c1COc1cc(OCc2cncc(C#N)c2)c(CNC[C@@H](O)CC(=O)O)cc1Cl. The molecule has 0 bridgehead atoms. The predicted molar refractivity (Wildman–Crippen MR) is 227 cm³/mol. The van der Waals surface area contributed by atoms with Gasteiger partial charge in [0.25, 0.3) is 0 Å². The first-order valence-electron chi connectivity index (χ1n) is 19.3. The number of alkyl halides is 1. The van der Waals surface area contributed by atoms with Crippen LogP contribution in [0, 0.1) is 24.2 Å². The number of aliphatic carboxylic acids is 2. The van der Waals surface area contributed by atoms with E-state index in [0.717, 1.165) is 27.8 Å². The predicted octanol–water partition coefficient (Wildman–Crippen LogP) is 6.53. The molecule has 0 aliphatic heterocycles. The van der Waals surface area contributed by atoms with Crippen molar-refractivity contribution in [3.05, 3.63) is 135 Å². The first kappa shape index (κ1) is 45.6. The van der Waals surface area contributed by atoms with E-state index in [9.17, 15) is 25.1 Å². The maximum atomic E-state index is 11.1. The summed E-state index contributed by atoms with van der Waals surface area (Å²) >= 11 is 14.2. The molecule has 0 spiro atoms. The number of aromatic nitrogens is 1. The lowest BCUT2D eigenvalue weighted by Gasteiger charge is -2.36. The summed E-state index contributed by atoms with van der Waals surface area (Å²) in [4.78, 5) is 25.3. The monoisotopic (exact) mass is 858 g/mol. The zero-order valence-electron chi connectivity index (χ0n) is 33.2. The van der Waals surface area contributed by atoms with Crippen molar-refractivity contribution in [2.24, 2.45) is 5.92 Å². The fraction of sp³-hybridized carbons (Fsp3) is 0.333. The lowest BCUT2D eigenvalue weighted by Crippen LogP contribution is -2.31. The lowest BCUT2D eigenvalue weighted by atomic mass is 9.75. The van der Waals surface area contributed by atoms with Crippen LogP contribution in [0.15, 0.2) is 91.3 Å². The molecule has 60 heavy (non-hydrogen) atoms. The third-order valence-electron chi connectivity index (χ3n) is 10.0. The zero-order valence-corrected chi connectivity index (χ0v) is 34.7. The van der Waals surface area contributed by atoms with E-state index in [-0.39, 0.29) is 56.8 Å². The molecular formula is C45H48Cl2N4O9. The van der Waals surface area contributed by atoms with E-state index >= 15 is 0 Å². The number of nitrogens with one attached hydrogen (secondary N) is 2. The molecule has 15 heteroatoms. The summed E-state index contributed by atoms with van der Waals surface area (Å²) in [5.74, 6) is -1.10. The van der Waals surface area contributed by atoms with E-state index in [1.54, 1.807) is 24.4 Å². The Bertz CT molecular complexity index is 2230. The van der Waals surface area contributed by atoms with Crippen molar-refractivity contribution >= 4 is 40.7 Å². The fourth-order valence-electron chi connectivity index (χ4n) is 6.85. The number of halogens is 2. The van der Waals surface area contributed by atoms with Crippen molar-refractivity contribution < 1.29 is 44.2 Å². The summed E-state index contributed by atoms with van der Waals surface area (Å²) in [6.45, 7) is 4.97. The Morgan fingerprint density at radius 1 is 0.917 bits per heavy atom. The molecule has 0 saturated heterocycles. The molecule has 6 N–H and O–H groups in total. The number of ether oxygens (including phenoxy) is 3. The van der Waals surface area contributed by atoms with E-state index in [1.807, 2.05) is 61.5 Å². The largest absolute Gasteiger partial charge is 0.492 e. The molecule has 316 valence electrons. The van der Waals surface area contributed by atoms with Crippen molar-refractivity contribution in [1.29, 1.82) is 5.26 Å². The van der Waals surface area contributed by atoms with Crippen LogP contribution in [0.2, 0.25) is 5.02 Å². The number of carboxylic acid groups (broad SMARTS) is 2. The quantitative estimate of drug-likeness (QED) is 0.0368. The summed E-state index contributed by atoms with van der Waals surface area (Å²) in [7, 11) is 0. The number of pyridine rings is 1. The number of allylic oxidation sites excluding steroid dienone is 4. The minimum atomic E-state index is -1.12. The van der Waals surface area contributed by atoms with Gasteiger partial charge in [-0.1, -0.05) is 73.2 Å². The van der Waals surface area contributed by atoms with Gasteiger partial charge in [0.15, 0.2) is 0 Å². The van der Waals surface area contributed by atoms with Gasteiger partial charge in [-0.2, -0.15) is 5.26 Å². The normalized spacial score (nSPS) is 16.9. The Morgan fingerprint density at radius 3 is 2.32 bits per heavy atom. The Morgan fingerprint density at radius 2 is 1.62 bits per heavy atom. The van der Waals surface area contributed by atoms with Crippen molar-refractivity contribution in [3.63, 3.8) is 0 Å². The minimum absolute atomic E-state index is 0.00755. The van der Waals surface area contributed by atoms with Gasteiger partial charge in [0.05, 0.1) is 40.5 Å². The number of carbonyl (C=O) groups is 2. The van der Waals surface area contributed by atoms with E-state index < -0.39 is 35.4 Å². The molecule has 0 amide bonds. The first-order valence-corrected chi connectivity index (χ1v) is 20.1. The number of aliphatic hydroxyl groups is 2. The van der Waals surface area contributed by atoms with Crippen molar-refractivity contribution in [2.45, 2.75) is 63.5 Å². The molecule has 3 aromatic carbocycles. The maximum Gasteiger partial charge on any atom is 0.306 e. The van der Waals surface area contributed by atoms with Crippen molar-refractivity contribution in [3.8, 4) is 23.3 Å². The third kappa shape index (κ3) is 12.3. The fourth-order valence-corrected chi connectivity index (χ4v) is 7.41. The van der Waals surface area contributed by atoms with Gasteiger partial charge in [0.1, 0.15) is 43.1 Å². The van der Waals surface area contributed by atoms with Crippen LogP contribution in [0.5, 0.6) is 17.2 Å². The smallest absolute Gasteiger partial charge is 0.306 e. The van der Waals surface area contributed by atoms with E-state index in [0.29, 0.717) is 40.5 Å². The van der Waals surface area contributed by atoms with E-state index in [2.05, 4.69) is 34.7 Å². The van der Waals surface area contributed by atoms with Crippen LogP contribution in [0.3, 0.4) is 0 Å². The topological polar surface area (TPSA) is 203 Å². The number of hydrogen-bond donors (Lipinski definition) is 6. The van der Waals surface area contributed by atoms with Crippen molar-refractivity contribution in [1.82, 2.24) is 15.6 Å². The molecular weight excluding hydrogens is 811 g/mol. The number of aliphatic hydroxyl groups excluding tert-OH is 2. The van der Waals surface area contributed by atoms with Crippen molar-refractivity contribution in [2.75, 3.05) is 26.2 Å². The van der Waals surface area contributed by atoms with E-state index in [1.165, 1.54) is 6.20 Å². The van der Waals surface area contributed by atoms with Crippen LogP contribution in [-0.2, 0) is 34.2 Å². The highest BCUT2D eigenvalue weighted by molar-refractivity contribution is 6.32. The second-order valence-electron chi connectivity index (χ2n) is 14.4. The Balaban J connectivity index is 1.43. The average molecular weight is 860 g/mol. The van der Waals surface area contributed by atoms with Crippen LogP contribution < -0.4 is 24.8 Å². The highest BCUT2D eigenvalue weighted by Gasteiger charge is 2.38. The van der Waals surface area contributed by atoms with Gasteiger partial charge in [0.2, 0.25) is 0 Å². The molecule has 1 aromatic heterocycles. The van der Waals surface area contributed by atoms with Gasteiger partial charge in [-0.05, 0) is 47.4 Å². The summed E-state index contributed by atoms with van der Waals surface area (Å²) in [5.41, 5.74) is 6.19. The van der Waals surface area contributed by atoms with Gasteiger partial charge in [-0.25, -0.2) is 0 Å². The summed E-state index contributed by atoms with van der Waals surface area (Å²) in [6, 6.07) is 20.8. The molecule has 5 rings (SSSR count). The molecule has 0 saturated carbocycles. The van der Waals surface area contributed by atoms with Crippen LogP contribution in [-0.4, -0.2) is 75.8 Å². The first-order chi connectivity index (χ1) is 28.8. The average Bonchev–Trinajstić information content (AvgIpc) is 3.21. The van der Waals surface area contributed by atoms with Gasteiger partial charge >= 0.3 is 11.9 Å². The second kappa shape index (κ2) is 21.7. The van der Waals surface area contributed by atoms with Crippen LogP contribution in [0.1, 0.15) is 58.7 Å². The van der Waals surface area contributed by atoms with Crippen LogP contribution >= 0.6 is 23.2 Å². The molecule has 0 radical (unpaired) electrons. The highest BCUT2D eigenvalue weighted by atomic mass is 35.5. The number of hydrogen-bond acceptors (Lipinski definition) is 11. The number of benzene rings is 3. The van der Waals surface area contributed by atoms with Gasteiger partial charge in [0, 0.05) is 67.2 Å². The van der Waals surface area contributed by atoms with Gasteiger partial charge in [-0.3, -0.25) is 14.6 Å². The Kier molecular flexibility index (Phi) is 16.5. The molecule has 4 atom stereocenters. The summed E-state index contributed by atoms with van der Waals surface area (Å²) in [6.07, 6.45) is 6.13. The Labute approximate surface area is 358 Å². The maximum absolute atomic E-state index is 11.1. The highest BCUT2D eigenvalue weighted by Crippen LogP contribution is 2.48. The molecule has 1 aliphatic rings. The lowest BCUT2D eigenvalue weighted by molar-refractivity contribution is -0.140. The molecule has 4 aromatic rings. The van der Waals surface area contributed by atoms with Crippen LogP contribution in [0.25, 0.3) is 5.57 Å². The Hall–Kier alpha value is -5.46. The number of nitriles is 1. The third-order valence-corrected chi connectivity index (χ3v) is 11.0. The molecule has 1 aliphatic carbocycles. The summed E-state index contributed by atoms with van der Waals surface area (Å²) < 4.78 is 18.9. The molecule has 2 unspecified atom stereocenters. The molecule has 0 fully saturated rings. The number of rotatable bonds is 22. The van der Waals surface area contributed by atoms with Gasteiger partial charge < -0.3 is 45.3 Å². The van der Waals surface area contributed by atoms with Crippen LogP contribution in [0.4, 0.5) is 0 Å². The number of carboxylic acids is 2. The van der Waals surface area contributed by atoms with E-state index in [4.69, 9.17) is 47.6 Å². The minimum Gasteiger partial charge on any atom is -0.492 e. The summed E-state index contributed by atoms with van der Waals surface area (Å²) in [5, 5.41) is 53.8. The second-order valence-corrected chi connectivity index (χ2v) is 15.4. The molecule has 1 heterocycles. The zero-order chi connectivity index (χ0) is 43.2. The molecule has 13 nitrogen and oxygen atoms in total.